The van der Waals surface area contributed by atoms with E-state index in [0.717, 1.165) is 39.0 Å². The molecule has 3 heterocycles. The molecule has 7 rings (SSSR count). The van der Waals surface area contributed by atoms with Crippen LogP contribution in [0, 0.1) is 0 Å². The lowest BCUT2D eigenvalue weighted by atomic mass is 9.81. The second-order valence-corrected chi connectivity index (χ2v) is 8.87. The van der Waals surface area contributed by atoms with E-state index in [1.807, 2.05) is 36.4 Å². The molecule has 0 aliphatic carbocycles. The van der Waals surface area contributed by atoms with E-state index in [0.29, 0.717) is 23.1 Å². The number of hydrogen-bond acceptors (Lipinski definition) is 6. The lowest BCUT2D eigenvalue weighted by Crippen LogP contribution is -2.15. The van der Waals surface area contributed by atoms with Gasteiger partial charge >= 0.3 is 0 Å². The van der Waals surface area contributed by atoms with Crippen molar-refractivity contribution in [1.82, 2.24) is 19.6 Å². The van der Waals surface area contributed by atoms with Crippen molar-refractivity contribution in [3.8, 4) is 23.1 Å². The van der Waals surface area contributed by atoms with Gasteiger partial charge in [-0.2, -0.15) is 0 Å². The van der Waals surface area contributed by atoms with Crippen molar-refractivity contribution in [2.24, 2.45) is 0 Å². The van der Waals surface area contributed by atoms with Crippen molar-refractivity contribution >= 4 is 16.4 Å². The van der Waals surface area contributed by atoms with E-state index in [1.165, 1.54) is 0 Å². The van der Waals surface area contributed by atoms with Gasteiger partial charge in [0.25, 0.3) is 0 Å². The van der Waals surface area contributed by atoms with Gasteiger partial charge in [-0.15, -0.1) is 5.10 Å². The number of nitrogens with zero attached hydrogens (tertiary/aromatic N) is 4. The second kappa shape index (κ2) is 8.64. The van der Waals surface area contributed by atoms with Crippen molar-refractivity contribution in [3.05, 3.63) is 120 Å². The average Bonchev–Trinajstić information content (AvgIpc) is 3.39. The van der Waals surface area contributed by atoms with Crippen LogP contribution < -0.4 is 14.2 Å². The number of benzene rings is 4. The van der Waals surface area contributed by atoms with Crippen LogP contribution >= 0.6 is 0 Å². The normalized spacial score (nSPS) is 14.1. The van der Waals surface area contributed by atoms with Gasteiger partial charge in [0.15, 0.2) is 11.5 Å². The Morgan fingerprint density at radius 3 is 2.46 bits per heavy atom. The van der Waals surface area contributed by atoms with Gasteiger partial charge in [-0.1, -0.05) is 60.7 Å². The summed E-state index contributed by atoms with van der Waals surface area (Å²) in [6.45, 7) is 0.221. The van der Waals surface area contributed by atoms with Crippen molar-refractivity contribution in [1.29, 1.82) is 0 Å². The zero-order chi connectivity index (χ0) is 24.8. The third-order valence-electron chi connectivity index (χ3n) is 6.71. The summed E-state index contributed by atoms with van der Waals surface area (Å²) in [5.41, 5.74) is 3.83. The smallest absolute Gasteiger partial charge is 0.228 e. The highest BCUT2D eigenvalue weighted by Crippen LogP contribution is 2.50. The minimum absolute atomic E-state index is 0.123. The minimum Gasteiger partial charge on any atom is -0.497 e. The van der Waals surface area contributed by atoms with Crippen molar-refractivity contribution in [2.45, 2.75) is 12.5 Å². The summed E-state index contributed by atoms with van der Waals surface area (Å²) in [7, 11) is 1.64. The molecule has 37 heavy (non-hydrogen) atoms. The van der Waals surface area contributed by atoms with Crippen LogP contribution in [0.1, 0.15) is 28.4 Å². The van der Waals surface area contributed by atoms with Gasteiger partial charge in [0.1, 0.15) is 30.2 Å². The molecule has 1 aliphatic heterocycles. The van der Waals surface area contributed by atoms with Gasteiger partial charge in [0, 0.05) is 11.5 Å². The van der Waals surface area contributed by atoms with Gasteiger partial charge in [0.05, 0.1) is 12.7 Å². The Morgan fingerprint density at radius 1 is 0.838 bits per heavy atom. The molecule has 7 heteroatoms. The quantitative estimate of drug-likeness (QED) is 0.291. The van der Waals surface area contributed by atoms with E-state index in [1.54, 1.807) is 18.0 Å². The van der Waals surface area contributed by atoms with Crippen molar-refractivity contribution in [2.75, 3.05) is 7.11 Å². The SMILES string of the molecule is COc1ccc(OCc2nc3c4c(ncn3n2)Oc2ccc3ccccc3c2[C@H]4c2ccccc2)cc1. The molecule has 1 aliphatic rings. The lowest BCUT2D eigenvalue weighted by molar-refractivity contribution is 0.295. The minimum atomic E-state index is -0.123. The number of fused-ring (bicyclic) bond motifs is 6. The van der Waals surface area contributed by atoms with Crippen LogP contribution in [0.5, 0.6) is 23.1 Å². The molecular formula is C30H22N4O3. The first kappa shape index (κ1) is 21.4. The van der Waals surface area contributed by atoms with Crippen LogP contribution in [0.3, 0.4) is 0 Å². The van der Waals surface area contributed by atoms with E-state index in [9.17, 15) is 0 Å². The number of rotatable bonds is 5. The zero-order valence-electron chi connectivity index (χ0n) is 20.0. The topological polar surface area (TPSA) is 70.8 Å². The Hall–Kier alpha value is -4.91. The molecule has 0 spiro atoms. The molecule has 0 bridgehead atoms. The summed E-state index contributed by atoms with van der Waals surface area (Å²) in [5.74, 6) is 3.27. The van der Waals surface area contributed by atoms with Crippen LogP contribution in [-0.2, 0) is 6.61 Å². The van der Waals surface area contributed by atoms with Crippen LogP contribution in [0.15, 0.2) is 97.3 Å². The molecule has 0 N–H and O–H groups in total. The Kier molecular flexibility index (Phi) is 4.99. The Labute approximate surface area is 212 Å². The third-order valence-corrected chi connectivity index (χ3v) is 6.71. The fraction of sp³-hybridized carbons (Fsp3) is 0.100. The van der Waals surface area contributed by atoms with Crippen molar-refractivity contribution < 1.29 is 14.2 Å². The van der Waals surface area contributed by atoms with Gasteiger partial charge in [-0.25, -0.2) is 14.5 Å². The predicted molar refractivity (Wildman–Crippen MR) is 140 cm³/mol. The van der Waals surface area contributed by atoms with Crippen LogP contribution in [-0.4, -0.2) is 26.7 Å². The molecule has 6 aromatic rings. The highest BCUT2D eigenvalue weighted by Gasteiger charge is 2.34. The average molecular weight is 487 g/mol. The second-order valence-electron chi connectivity index (χ2n) is 8.87. The molecule has 0 saturated carbocycles. The largest absolute Gasteiger partial charge is 0.497 e. The number of hydrogen-bond donors (Lipinski definition) is 0. The molecule has 0 fully saturated rings. The first-order valence-electron chi connectivity index (χ1n) is 12.0. The van der Waals surface area contributed by atoms with Crippen LogP contribution in [0.4, 0.5) is 0 Å². The Bertz CT molecular complexity index is 1750. The molecule has 7 nitrogen and oxygen atoms in total. The fourth-order valence-electron chi connectivity index (χ4n) is 5.01. The van der Waals surface area contributed by atoms with E-state index in [2.05, 4.69) is 64.7 Å². The monoisotopic (exact) mass is 486 g/mol. The summed E-state index contributed by atoms with van der Waals surface area (Å²) in [4.78, 5) is 9.52. The third kappa shape index (κ3) is 3.63. The Morgan fingerprint density at radius 2 is 1.62 bits per heavy atom. The highest BCUT2D eigenvalue weighted by molar-refractivity contribution is 5.90. The molecule has 180 valence electrons. The standard InChI is InChI=1S/C30H22N4O3/c1-35-21-12-14-22(15-13-21)36-17-25-32-29-28-26(20-8-3-2-4-9-20)27-23-10-6-5-7-19(23)11-16-24(27)37-30(28)31-18-34(29)33-25/h2-16,18,26H,17H2,1H3/t26-/m1/s1. The maximum Gasteiger partial charge on any atom is 0.228 e. The van der Waals surface area contributed by atoms with Gasteiger partial charge < -0.3 is 14.2 Å². The molecular weight excluding hydrogens is 464 g/mol. The maximum absolute atomic E-state index is 6.37. The molecule has 0 radical (unpaired) electrons. The van der Waals surface area contributed by atoms with E-state index < -0.39 is 0 Å². The summed E-state index contributed by atoms with van der Waals surface area (Å²) in [6, 6.07) is 30.3. The molecule has 1 atom stereocenters. The van der Waals surface area contributed by atoms with E-state index >= 15 is 0 Å². The van der Waals surface area contributed by atoms with Gasteiger partial charge in [-0.3, -0.25) is 0 Å². The summed E-state index contributed by atoms with van der Waals surface area (Å²) >= 11 is 0. The lowest BCUT2D eigenvalue weighted by Gasteiger charge is -2.29. The van der Waals surface area contributed by atoms with E-state index in [-0.39, 0.29) is 12.5 Å². The maximum atomic E-state index is 6.37. The Balaban J connectivity index is 1.36. The van der Waals surface area contributed by atoms with Crippen molar-refractivity contribution in [3.63, 3.8) is 0 Å². The molecule has 2 aromatic heterocycles. The first-order chi connectivity index (χ1) is 18.3. The summed E-state index contributed by atoms with van der Waals surface area (Å²) in [5, 5.41) is 6.95. The van der Waals surface area contributed by atoms with Gasteiger partial charge in [-0.05, 0) is 46.7 Å². The molecule has 0 amide bonds. The molecule has 0 saturated heterocycles. The number of aromatic nitrogens is 4. The zero-order valence-corrected chi connectivity index (χ0v) is 20.0. The van der Waals surface area contributed by atoms with E-state index in [4.69, 9.17) is 19.2 Å². The number of ether oxygens (including phenoxy) is 3. The summed E-state index contributed by atoms with van der Waals surface area (Å²) in [6.07, 6.45) is 1.64. The highest BCUT2D eigenvalue weighted by atomic mass is 16.5. The first-order valence-corrected chi connectivity index (χ1v) is 12.0. The van der Waals surface area contributed by atoms with Crippen LogP contribution in [0.2, 0.25) is 0 Å². The molecule has 4 aromatic carbocycles. The van der Waals surface area contributed by atoms with Crippen LogP contribution in [0.25, 0.3) is 16.4 Å². The van der Waals surface area contributed by atoms with Gasteiger partial charge in [0.2, 0.25) is 5.88 Å². The molecule has 0 unspecified atom stereocenters. The fourth-order valence-corrected chi connectivity index (χ4v) is 5.01. The summed E-state index contributed by atoms with van der Waals surface area (Å²) < 4.78 is 19.2. The predicted octanol–water partition coefficient (Wildman–Crippen LogP) is 6.15. The number of methoxy groups -OCH3 is 1.